The molecule has 1 aliphatic carbocycles. The number of nitrogens with zero attached hydrogens (tertiary/aromatic N) is 2. The standard InChI is InChI=1S/C36H37ClF3N3O3/c1-20-13-25(17-27(14-20)46-36(38,39)40)19-41-35(44)32-18-31-28(9-7-10-30(31)33-23(4)42-43(6)24(33)5)29(32)11-8-12-45-26-15-21(2)34(37)22(3)16-26/h7,9-10,13-17H,8,11-12,18-19H2,1-6H3,(H,41,44). The van der Waals surface area contributed by atoms with E-state index in [2.05, 4.69) is 21.2 Å². The van der Waals surface area contributed by atoms with E-state index in [1.807, 2.05) is 63.7 Å². The van der Waals surface area contributed by atoms with Crippen LogP contribution in [0.15, 0.2) is 54.1 Å². The molecule has 4 aromatic rings. The summed E-state index contributed by atoms with van der Waals surface area (Å²) in [7, 11) is 1.91. The van der Waals surface area contributed by atoms with Crippen molar-refractivity contribution in [2.75, 3.05) is 6.61 Å². The van der Waals surface area contributed by atoms with Crippen molar-refractivity contribution in [3.63, 3.8) is 0 Å². The summed E-state index contributed by atoms with van der Waals surface area (Å²) < 4.78 is 50.6. The molecule has 1 aromatic heterocycles. The minimum Gasteiger partial charge on any atom is -0.494 e. The number of carbonyl (C=O) groups excluding carboxylic acids is 1. The molecule has 0 radical (unpaired) electrons. The number of benzene rings is 3. The van der Waals surface area contributed by atoms with Crippen LogP contribution in [-0.2, 0) is 24.8 Å². The predicted molar refractivity (Wildman–Crippen MR) is 174 cm³/mol. The lowest BCUT2D eigenvalue weighted by Crippen LogP contribution is -2.25. The maximum absolute atomic E-state index is 13.8. The number of amides is 1. The van der Waals surface area contributed by atoms with Gasteiger partial charge in [-0.1, -0.05) is 35.9 Å². The fourth-order valence-electron chi connectivity index (χ4n) is 6.24. The van der Waals surface area contributed by atoms with Gasteiger partial charge in [0.05, 0.1) is 12.3 Å². The summed E-state index contributed by atoms with van der Waals surface area (Å²) in [6, 6.07) is 14.3. The van der Waals surface area contributed by atoms with Gasteiger partial charge in [-0.05, 0) is 116 Å². The lowest BCUT2D eigenvalue weighted by molar-refractivity contribution is -0.274. The maximum Gasteiger partial charge on any atom is 0.573 e. The molecule has 5 rings (SSSR count). The second-order valence-corrected chi connectivity index (χ2v) is 12.2. The number of ether oxygens (including phenoxy) is 2. The quantitative estimate of drug-likeness (QED) is 0.174. The van der Waals surface area contributed by atoms with Gasteiger partial charge in [0.15, 0.2) is 0 Å². The first-order valence-electron chi connectivity index (χ1n) is 15.1. The molecule has 3 aromatic carbocycles. The minimum atomic E-state index is -4.80. The number of rotatable bonds is 10. The van der Waals surface area contributed by atoms with E-state index in [4.69, 9.17) is 16.3 Å². The Hall–Kier alpha value is -4.24. The molecule has 10 heteroatoms. The Bertz CT molecular complexity index is 1820. The first kappa shape index (κ1) is 33.1. The van der Waals surface area contributed by atoms with Crippen LogP contribution in [0.25, 0.3) is 16.7 Å². The van der Waals surface area contributed by atoms with Crippen molar-refractivity contribution in [2.24, 2.45) is 7.05 Å². The van der Waals surface area contributed by atoms with Gasteiger partial charge in [0.25, 0.3) is 0 Å². The fraction of sp³-hybridized carbons (Fsp3) is 0.333. The smallest absolute Gasteiger partial charge is 0.494 e. The molecule has 242 valence electrons. The van der Waals surface area contributed by atoms with Gasteiger partial charge in [-0.3, -0.25) is 9.48 Å². The van der Waals surface area contributed by atoms with Gasteiger partial charge < -0.3 is 14.8 Å². The van der Waals surface area contributed by atoms with Crippen LogP contribution in [0.2, 0.25) is 5.02 Å². The zero-order valence-corrected chi connectivity index (χ0v) is 27.5. The number of fused-ring (bicyclic) bond motifs is 1. The molecule has 0 atom stereocenters. The second kappa shape index (κ2) is 13.2. The highest BCUT2D eigenvalue weighted by Gasteiger charge is 2.32. The molecule has 0 saturated carbocycles. The third kappa shape index (κ3) is 7.25. The summed E-state index contributed by atoms with van der Waals surface area (Å²) in [5.74, 6) is 0.166. The van der Waals surface area contributed by atoms with Crippen LogP contribution in [0.1, 0.15) is 57.6 Å². The molecule has 0 spiro atoms. The molecule has 0 fully saturated rings. The molecule has 46 heavy (non-hydrogen) atoms. The molecule has 0 unspecified atom stereocenters. The zero-order valence-electron chi connectivity index (χ0n) is 26.8. The normalized spacial score (nSPS) is 12.8. The van der Waals surface area contributed by atoms with E-state index >= 15 is 0 Å². The molecular formula is C36H37ClF3N3O3. The number of hydrogen-bond donors (Lipinski definition) is 1. The van der Waals surface area contributed by atoms with E-state index in [0.29, 0.717) is 42.6 Å². The summed E-state index contributed by atoms with van der Waals surface area (Å²) in [4.78, 5) is 13.8. The van der Waals surface area contributed by atoms with Gasteiger partial charge in [-0.2, -0.15) is 5.10 Å². The van der Waals surface area contributed by atoms with E-state index in [0.717, 1.165) is 61.1 Å². The molecule has 1 amide bonds. The average Bonchev–Trinajstić information content (AvgIpc) is 3.46. The highest BCUT2D eigenvalue weighted by atomic mass is 35.5. The largest absolute Gasteiger partial charge is 0.573 e. The molecule has 0 bridgehead atoms. The van der Waals surface area contributed by atoms with E-state index in [9.17, 15) is 18.0 Å². The summed E-state index contributed by atoms with van der Waals surface area (Å²) in [6.45, 7) is 10.1. The van der Waals surface area contributed by atoms with Crippen molar-refractivity contribution in [1.29, 1.82) is 0 Å². The lowest BCUT2D eigenvalue weighted by Gasteiger charge is -2.13. The third-order valence-electron chi connectivity index (χ3n) is 8.32. The first-order valence-corrected chi connectivity index (χ1v) is 15.5. The number of aryl methyl sites for hydroxylation is 5. The van der Waals surface area contributed by atoms with Crippen LogP contribution in [-0.4, -0.2) is 28.7 Å². The Balaban J connectivity index is 1.40. The number of allylic oxidation sites excluding steroid dienone is 1. The van der Waals surface area contributed by atoms with Gasteiger partial charge >= 0.3 is 6.36 Å². The molecule has 1 N–H and O–H groups in total. The Labute approximate surface area is 272 Å². The second-order valence-electron chi connectivity index (χ2n) is 11.8. The fourth-order valence-corrected chi connectivity index (χ4v) is 6.35. The molecule has 1 aliphatic rings. The van der Waals surface area contributed by atoms with Crippen LogP contribution < -0.4 is 14.8 Å². The van der Waals surface area contributed by atoms with E-state index in [-0.39, 0.29) is 18.2 Å². The molecule has 1 heterocycles. The van der Waals surface area contributed by atoms with Gasteiger partial charge in [0.1, 0.15) is 11.5 Å². The SMILES string of the molecule is Cc1cc(CNC(=O)C2=C(CCCOc3cc(C)c(Cl)c(C)c3)c3cccc(-c4c(C)nn(C)c4C)c3C2)cc(OC(F)(F)F)c1. The summed E-state index contributed by atoms with van der Waals surface area (Å²) >= 11 is 6.32. The Morgan fingerprint density at radius 1 is 1.00 bits per heavy atom. The van der Waals surface area contributed by atoms with Crippen molar-refractivity contribution < 1.29 is 27.4 Å². The molecular weight excluding hydrogens is 615 g/mol. The number of hydrogen-bond acceptors (Lipinski definition) is 4. The van der Waals surface area contributed by atoms with Crippen molar-refractivity contribution >= 4 is 23.1 Å². The highest BCUT2D eigenvalue weighted by Crippen LogP contribution is 2.42. The zero-order chi connectivity index (χ0) is 33.3. The van der Waals surface area contributed by atoms with Crippen LogP contribution in [0.5, 0.6) is 11.5 Å². The monoisotopic (exact) mass is 651 g/mol. The summed E-state index contributed by atoms with van der Waals surface area (Å²) in [5.41, 5.74) is 10.7. The van der Waals surface area contributed by atoms with Crippen molar-refractivity contribution in [1.82, 2.24) is 15.1 Å². The van der Waals surface area contributed by atoms with Crippen LogP contribution in [0.4, 0.5) is 13.2 Å². The van der Waals surface area contributed by atoms with E-state index in [1.165, 1.54) is 12.1 Å². The lowest BCUT2D eigenvalue weighted by atomic mass is 9.93. The van der Waals surface area contributed by atoms with Crippen LogP contribution >= 0.6 is 11.6 Å². The Morgan fingerprint density at radius 3 is 2.35 bits per heavy atom. The predicted octanol–water partition coefficient (Wildman–Crippen LogP) is 8.67. The topological polar surface area (TPSA) is 65.4 Å². The Morgan fingerprint density at radius 2 is 1.70 bits per heavy atom. The number of nitrogens with one attached hydrogen (secondary N) is 1. The van der Waals surface area contributed by atoms with Crippen molar-refractivity contribution in [3.05, 3.63) is 104 Å². The summed E-state index contributed by atoms with van der Waals surface area (Å²) in [6.07, 6.45) is -3.12. The van der Waals surface area contributed by atoms with Gasteiger partial charge in [-0.25, -0.2) is 0 Å². The van der Waals surface area contributed by atoms with Gasteiger partial charge in [-0.15, -0.1) is 13.2 Å². The van der Waals surface area contributed by atoms with E-state index < -0.39 is 6.36 Å². The highest BCUT2D eigenvalue weighted by molar-refractivity contribution is 6.32. The summed E-state index contributed by atoms with van der Waals surface area (Å²) in [5, 5.41) is 8.28. The van der Waals surface area contributed by atoms with Crippen molar-refractivity contribution in [3.8, 4) is 22.6 Å². The van der Waals surface area contributed by atoms with Crippen molar-refractivity contribution in [2.45, 2.75) is 66.8 Å². The maximum atomic E-state index is 13.8. The number of aromatic nitrogens is 2. The Kier molecular flexibility index (Phi) is 9.54. The van der Waals surface area contributed by atoms with Crippen LogP contribution in [0, 0.1) is 34.6 Å². The van der Waals surface area contributed by atoms with Gasteiger partial charge in [0.2, 0.25) is 5.91 Å². The first-order chi connectivity index (χ1) is 21.7. The molecule has 0 saturated heterocycles. The number of alkyl halides is 3. The van der Waals surface area contributed by atoms with Crippen LogP contribution in [0.3, 0.4) is 0 Å². The molecule has 6 nitrogen and oxygen atoms in total. The molecule has 0 aliphatic heterocycles. The van der Waals surface area contributed by atoms with Gasteiger partial charge in [0, 0.05) is 41.9 Å². The minimum absolute atomic E-state index is 0.0495. The average molecular weight is 652 g/mol. The number of carbonyl (C=O) groups is 1. The number of halogens is 4. The van der Waals surface area contributed by atoms with E-state index in [1.54, 1.807) is 13.0 Å². The third-order valence-corrected chi connectivity index (χ3v) is 8.91.